The maximum Gasteiger partial charge on any atom is 0.316 e. The molecule has 1 aromatic heterocycles. The van der Waals surface area contributed by atoms with Crippen molar-refractivity contribution in [2.75, 3.05) is 16.0 Å². The summed E-state index contributed by atoms with van der Waals surface area (Å²) in [6.45, 7) is 1.89. The Kier molecular flexibility index (Phi) is 9.01. The quantitative estimate of drug-likeness (QED) is 0.102. The number of aromatic nitrogens is 3. The normalized spacial score (nSPS) is 11.9. The number of nitrogens with two attached hydrogens (primary N) is 1. The van der Waals surface area contributed by atoms with E-state index in [0.717, 1.165) is 5.56 Å². The zero-order valence-electron chi connectivity index (χ0n) is 21.8. The van der Waals surface area contributed by atoms with Crippen molar-refractivity contribution in [3.8, 4) is 0 Å². The number of benzene rings is 3. The number of halogens is 3. The number of azo groups is 1. The van der Waals surface area contributed by atoms with Gasteiger partial charge in [-0.3, -0.25) is 9.11 Å². The van der Waals surface area contributed by atoms with Crippen molar-refractivity contribution >= 4 is 78.2 Å². The van der Waals surface area contributed by atoms with Crippen LogP contribution in [-0.2, 0) is 20.2 Å². The van der Waals surface area contributed by atoms with Gasteiger partial charge in [0.2, 0.25) is 17.2 Å². The number of anilines is 5. The summed E-state index contributed by atoms with van der Waals surface area (Å²) in [5.74, 6) is -4.23. The van der Waals surface area contributed by atoms with Crippen LogP contribution in [0.5, 0.6) is 0 Å². The predicted octanol–water partition coefficient (Wildman–Crippen LogP) is 5.00. The van der Waals surface area contributed by atoms with Gasteiger partial charge in [-0.15, -0.1) is 10.2 Å². The van der Waals surface area contributed by atoms with Gasteiger partial charge in [0.25, 0.3) is 20.2 Å². The van der Waals surface area contributed by atoms with Gasteiger partial charge >= 0.3 is 6.03 Å². The van der Waals surface area contributed by atoms with Crippen LogP contribution in [0.1, 0.15) is 5.56 Å². The van der Waals surface area contributed by atoms with E-state index in [4.69, 9.17) is 21.9 Å². The molecular weight excluding hydrogens is 652 g/mol. The summed E-state index contributed by atoms with van der Waals surface area (Å²) in [4.78, 5) is 20.0. The number of urea groups is 1. The number of carbonyl (C=O) groups is 1. The third-order valence-electron chi connectivity index (χ3n) is 5.29. The Bertz CT molecular complexity index is 2050. The Hall–Kier alpha value is -4.89. The molecule has 0 atom stereocenters. The summed E-state index contributed by atoms with van der Waals surface area (Å²) in [6.07, 6.45) is 0. The van der Waals surface area contributed by atoms with E-state index < -0.39 is 53.4 Å². The molecule has 0 unspecified atom stereocenters. The SMILES string of the molecule is Cc1cccc(Nc2nc(Cl)nc(Nc3ccc(N=Nc4cc(F)c(S(=O)(=O)O)c(F)c4S(=O)(=O)O)c(NC(N)=O)c3)n2)c1. The van der Waals surface area contributed by atoms with Crippen LogP contribution >= 0.6 is 11.6 Å². The lowest BCUT2D eigenvalue weighted by Gasteiger charge is -2.11. The average Bonchev–Trinajstić information content (AvgIpc) is 2.85. The fourth-order valence-corrected chi connectivity index (χ4v) is 5.16. The van der Waals surface area contributed by atoms with Crippen molar-refractivity contribution in [1.29, 1.82) is 0 Å². The molecule has 230 valence electrons. The van der Waals surface area contributed by atoms with Gasteiger partial charge < -0.3 is 21.7 Å². The summed E-state index contributed by atoms with van der Waals surface area (Å²) in [6, 6.07) is 10.1. The Balaban J connectivity index is 1.70. The first-order chi connectivity index (χ1) is 20.5. The summed E-state index contributed by atoms with van der Waals surface area (Å²) in [5, 5.41) is 14.9. The number of hydrogen-bond acceptors (Lipinski definition) is 12. The van der Waals surface area contributed by atoms with Crippen molar-refractivity contribution in [3.05, 3.63) is 71.0 Å². The molecule has 0 aliphatic rings. The second-order valence-electron chi connectivity index (χ2n) is 8.59. The van der Waals surface area contributed by atoms with Gasteiger partial charge in [-0.05, 0) is 54.4 Å². The minimum Gasteiger partial charge on any atom is -0.351 e. The highest BCUT2D eigenvalue weighted by Gasteiger charge is 2.32. The van der Waals surface area contributed by atoms with Crippen LogP contribution in [0.4, 0.5) is 53.9 Å². The Morgan fingerprint density at radius 1 is 0.864 bits per heavy atom. The Labute approximate surface area is 251 Å². The van der Waals surface area contributed by atoms with Gasteiger partial charge in [0.05, 0.1) is 5.69 Å². The third kappa shape index (κ3) is 7.73. The van der Waals surface area contributed by atoms with Gasteiger partial charge in [0.1, 0.15) is 17.2 Å². The number of nitrogens with one attached hydrogen (secondary N) is 3. The molecule has 16 nitrogen and oxygen atoms in total. The van der Waals surface area contributed by atoms with Crippen molar-refractivity contribution < 1.29 is 39.5 Å². The van der Waals surface area contributed by atoms with Crippen LogP contribution in [0, 0.1) is 18.6 Å². The van der Waals surface area contributed by atoms with E-state index in [2.05, 4.69) is 41.1 Å². The largest absolute Gasteiger partial charge is 0.351 e. The number of amides is 2. The molecule has 0 radical (unpaired) electrons. The topological polar surface area (TPSA) is 251 Å². The highest BCUT2D eigenvalue weighted by Crippen LogP contribution is 2.36. The van der Waals surface area contributed by atoms with Gasteiger partial charge in [-0.2, -0.15) is 31.8 Å². The number of hydrogen-bond donors (Lipinski definition) is 6. The molecule has 0 aliphatic heterocycles. The highest BCUT2D eigenvalue weighted by molar-refractivity contribution is 7.86. The lowest BCUT2D eigenvalue weighted by atomic mass is 10.2. The fraction of sp³-hybridized carbons (Fsp3) is 0.0435. The molecule has 0 saturated carbocycles. The summed E-state index contributed by atoms with van der Waals surface area (Å²) in [5.41, 5.74) is 5.45. The minimum absolute atomic E-state index is 0.0396. The van der Waals surface area contributed by atoms with Gasteiger partial charge in [0, 0.05) is 17.4 Å². The van der Waals surface area contributed by atoms with E-state index in [0.29, 0.717) is 5.69 Å². The first-order valence-electron chi connectivity index (χ1n) is 11.6. The number of nitrogens with zero attached hydrogens (tertiary/aromatic N) is 5. The first kappa shape index (κ1) is 32.0. The van der Waals surface area contributed by atoms with Gasteiger partial charge in [0.15, 0.2) is 15.6 Å². The maximum absolute atomic E-state index is 14.7. The molecule has 4 rings (SSSR count). The third-order valence-corrected chi connectivity index (χ3v) is 7.25. The monoisotopic (exact) mass is 669 g/mol. The molecule has 3 aromatic carbocycles. The molecular formula is C23H18ClF2N9O7S2. The minimum atomic E-state index is -5.60. The van der Waals surface area contributed by atoms with Crippen molar-refractivity contribution in [1.82, 2.24) is 15.0 Å². The Morgan fingerprint density at radius 3 is 2.02 bits per heavy atom. The lowest BCUT2D eigenvalue weighted by Crippen LogP contribution is -2.19. The van der Waals surface area contributed by atoms with Crippen LogP contribution < -0.4 is 21.7 Å². The molecule has 0 fully saturated rings. The van der Waals surface area contributed by atoms with E-state index in [1.165, 1.54) is 18.2 Å². The van der Waals surface area contributed by atoms with Crippen LogP contribution in [0.25, 0.3) is 0 Å². The molecule has 0 aliphatic carbocycles. The molecule has 0 saturated heterocycles. The predicted molar refractivity (Wildman–Crippen MR) is 152 cm³/mol. The van der Waals surface area contributed by atoms with E-state index in [-0.39, 0.29) is 40.3 Å². The zero-order chi connectivity index (χ0) is 32.4. The van der Waals surface area contributed by atoms with Crippen LogP contribution in [0.15, 0.2) is 68.6 Å². The molecule has 1 heterocycles. The molecule has 21 heteroatoms. The zero-order valence-corrected chi connectivity index (χ0v) is 24.2. The summed E-state index contributed by atoms with van der Waals surface area (Å²) in [7, 11) is -11.2. The standard InChI is InChI=1S/C23H18ClF2N9O7S2/c1-10-3-2-4-11(7-10)28-22-31-20(24)32-23(33-22)29-12-5-6-14(15(8-12)30-21(27)36)34-35-16-9-13(25)18(43(37,38)39)17(26)19(16)44(40,41)42/h2-9H,1H3,(H3,27,30,36)(H,37,38,39)(H,40,41,42)(H2,28,29,31,32,33). The van der Waals surface area contributed by atoms with E-state index in [9.17, 15) is 35.0 Å². The van der Waals surface area contributed by atoms with Crippen molar-refractivity contribution in [2.45, 2.75) is 16.7 Å². The summed E-state index contributed by atoms with van der Waals surface area (Å²) >= 11 is 6.04. The second kappa shape index (κ2) is 12.4. The molecule has 0 bridgehead atoms. The smallest absolute Gasteiger partial charge is 0.316 e. The lowest BCUT2D eigenvalue weighted by molar-refractivity contribution is 0.259. The van der Waals surface area contributed by atoms with Crippen LogP contribution in [-0.4, -0.2) is 46.9 Å². The molecule has 44 heavy (non-hydrogen) atoms. The fourth-order valence-electron chi connectivity index (χ4n) is 3.61. The molecule has 7 N–H and O–H groups in total. The highest BCUT2D eigenvalue weighted by atomic mass is 35.5. The van der Waals surface area contributed by atoms with E-state index >= 15 is 0 Å². The number of rotatable bonds is 9. The van der Waals surface area contributed by atoms with Crippen molar-refractivity contribution in [3.63, 3.8) is 0 Å². The number of carbonyl (C=O) groups excluding carboxylic acids is 1. The Morgan fingerprint density at radius 2 is 1.45 bits per heavy atom. The van der Waals surface area contributed by atoms with E-state index in [1.807, 2.05) is 25.1 Å². The summed E-state index contributed by atoms with van der Waals surface area (Å²) < 4.78 is 93.8. The van der Waals surface area contributed by atoms with Crippen molar-refractivity contribution in [2.24, 2.45) is 16.0 Å². The van der Waals surface area contributed by atoms with E-state index in [1.54, 1.807) is 6.07 Å². The molecule has 0 spiro atoms. The van der Waals surface area contributed by atoms with Crippen LogP contribution in [0.3, 0.4) is 0 Å². The number of aryl methyl sites for hydroxylation is 1. The molecule has 2 amide bonds. The van der Waals surface area contributed by atoms with Gasteiger partial charge in [-0.1, -0.05) is 12.1 Å². The maximum atomic E-state index is 14.7. The second-order valence-corrected chi connectivity index (χ2v) is 11.6. The molecule has 4 aromatic rings. The van der Waals surface area contributed by atoms with Gasteiger partial charge in [-0.25, -0.2) is 13.6 Å². The first-order valence-corrected chi connectivity index (χ1v) is 14.9. The number of primary amides is 1. The average molecular weight is 670 g/mol. The van der Waals surface area contributed by atoms with Crippen LogP contribution in [0.2, 0.25) is 5.28 Å².